The number of hydrogen-bond donors (Lipinski definition) is 2. The lowest BCUT2D eigenvalue weighted by molar-refractivity contribution is -0.384. The molecule has 0 aromatic heterocycles. The Morgan fingerprint density at radius 2 is 1.84 bits per heavy atom. The highest BCUT2D eigenvalue weighted by Crippen LogP contribution is 2.23. The summed E-state index contributed by atoms with van der Waals surface area (Å²) in [7, 11) is 1.67. The number of methoxy groups -OCH3 is 1. The quantitative estimate of drug-likeness (QED) is 0.267. The highest BCUT2D eigenvalue weighted by Gasteiger charge is 2.23. The molecular formula is C23H31N5O4. The van der Waals surface area contributed by atoms with Gasteiger partial charge in [-0.2, -0.15) is 0 Å². The van der Waals surface area contributed by atoms with E-state index in [2.05, 4.69) is 32.7 Å². The second-order valence-electron chi connectivity index (χ2n) is 7.44. The van der Waals surface area contributed by atoms with Gasteiger partial charge in [0, 0.05) is 38.3 Å². The number of aliphatic imine (C=N–C) groups is 1. The summed E-state index contributed by atoms with van der Waals surface area (Å²) in [6, 6.07) is 14.8. The molecule has 2 aromatic carbocycles. The summed E-state index contributed by atoms with van der Waals surface area (Å²) < 4.78 is 10.8. The van der Waals surface area contributed by atoms with E-state index in [1.54, 1.807) is 19.2 Å². The smallest absolute Gasteiger partial charge is 0.269 e. The second-order valence-corrected chi connectivity index (χ2v) is 7.44. The van der Waals surface area contributed by atoms with Crippen LogP contribution in [0, 0.1) is 10.1 Å². The molecule has 0 radical (unpaired) electrons. The minimum Gasteiger partial charge on any atom is -0.497 e. The monoisotopic (exact) mass is 441 g/mol. The van der Waals surface area contributed by atoms with Crippen molar-refractivity contribution in [2.45, 2.75) is 19.5 Å². The summed E-state index contributed by atoms with van der Waals surface area (Å²) in [5.74, 6) is 1.54. The van der Waals surface area contributed by atoms with Gasteiger partial charge in [-0.05, 0) is 30.2 Å². The third kappa shape index (κ3) is 6.66. The van der Waals surface area contributed by atoms with Crippen LogP contribution in [0.1, 0.15) is 24.1 Å². The van der Waals surface area contributed by atoms with Crippen molar-refractivity contribution < 1.29 is 14.4 Å². The lowest BCUT2D eigenvalue weighted by Gasteiger charge is -2.35. The molecule has 32 heavy (non-hydrogen) atoms. The van der Waals surface area contributed by atoms with Gasteiger partial charge in [-0.15, -0.1) is 0 Å². The molecule has 172 valence electrons. The third-order valence-electron chi connectivity index (χ3n) is 5.36. The van der Waals surface area contributed by atoms with E-state index in [1.165, 1.54) is 17.7 Å². The van der Waals surface area contributed by atoms with Crippen molar-refractivity contribution in [1.29, 1.82) is 0 Å². The minimum absolute atomic E-state index is 0.0793. The number of nitro groups is 1. The van der Waals surface area contributed by atoms with Gasteiger partial charge in [0.25, 0.3) is 5.69 Å². The predicted octanol–water partition coefficient (Wildman–Crippen LogP) is 2.73. The van der Waals surface area contributed by atoms with Gasteiger partial charge >= 0.3 is 0 Å². The molecular weight excluding hydrogens is 410 g/mol. The molecule has 9 heteroatoms. The van der Waals surface area contributed by atoms with Crippen LogP contribution in [-0.2, 0) is 11.3 Å². The highest BCUT2D eigenvalue weighted by atomic mass is 16.6. The predicted molar refractivity (Wildman–Crippen MR) is 124 cm³/mol. The molecule has 2 N–H and O–H groups in total. The zero-order valence-corrected chi connectivity index (χ0v) is 18.6. The first-order chi connectivity index (χ1) is 15.6. The number of nitrogens with zero attached hydrogens (tertiary/aromatic N) is 3. The molecule has 0 spiro atoms. The molecule has 1 heterocycles. The minimum atomic E-state index is -0.399. The average molecular weight is 442 g/mol. The van der Waals surface area contributed by atoms with Gasteiger partial charge in [0.05, 0.1) is 37.8 Å². The molecule has 1 atom stereocenters. The maximum atomic E-state index is 10.8. The first-order valence-electron chi connectivity index (χ1n) is 10.8. The molecule has 0 saturated carbocycles. The van der Waals surface area contributed by atoms with Crippen LogP contribution in [0.5, 0.6) is 5.75 Å². The second kappa shape index (κ2) is 12.0. The molecule has 0 amide bonds. The van der Waals surface area contributed by atoms with Crippen LogP contribution in [0.25, 0.3) is 0 Å². The standard InChI is InChI=1S/C23H31N5O4/c1-3-24-23(25-16-18-4-8-20(9-5-18)28(29)30)26-17-22(27-12-14-32-15-13-27)19-6-10-21(31-2)11-7-19/h4-11,22H,3,12-17H2,1-2H3,(H2,24,25,26). The zero-order valence-electron chi connectivity index (χ0n) is 18.6. The number of guanidine groups is 1. The Morgan fingerprint density at radius 1 is 1.16 bits per heavy atom. The Balaban J connectivity index is 1.69. The van der Waals surface area contributed by atoms with Crippen LogP contribution in [-0.4, -0.2) is 62.3 Å². The average Bonchev–Trinajstić information content (AvgIpc) is 2.84. The number of rotatable bonds is 9. The van der Waals surface area contributed by atoms with Crippen LogP contribution in [0.4, 0.5) is 5.69 Å². The first kappa shape index (κ1) is 23.5. The van der Waals surface area contributed by atoms with E-state index in [0.717, 1.165) is 44.2 Å². The number of benzene rings is 2. The van der Waals surface area contributed by atoms with Crippen molar-refractivity contribution in [3.05, 3.63) is 69.8 Å². The first-order valence-corrected chi connectivity index (χ1v) is 10.8. The molecule has 0 bridgehead atoms. The maximum Gasteiger partial charge on any atom is 0.269 e. The molecule has 1 aliphatic rings. The van der Waals surface area contributed by atoms with Gasteiger partial charge in [-0.25, -0.2) is 4.99 Å². The summed E-state index contributed by atoms with van der Waals surface area (Å²) >= 11 is 0. The number of nitrogens with one attached hydrogen (secondary N) is 2. The third-order valence-corrected chi connectivity index (χ3v) is 5.36. The van der Waals surface area contributed by atoms with E-state index in [-0.39, 0.29) is 11.7 Å². The van der Waals surface area contributed by atoms with Crippen LogP contribution in [0.3, 0.4) is 0 Å². The SMILES string of the molecule is CCNC(=NCc1ccc([N+](=O)[O-])cc1)NCC(c1ccc(OC)cc1)N1CCOCC1. The number of morpholine rings is 1. The summed E-state index contributed by atoms with van der Waals surface area (Å²) in [4.78, 5) is 17.5. The molecule has 3 rings (SSSR count). The van der Waals surface area contributed by atoms with Crippen molar-refractivity contribution in [3.63, 3.8) is 0 Å². The van der Waals surface area contributed by atoms with Crippen LogP contribution < -0.4 is 15.4 Å². The largest absolute Gasteiger partial charge is 0.497 e. The van der Waals surface area contributed by atoms with Crippen molar-refractivity contribution in [2.75, 3.05) is 46.5 Å². The van der Waals surface area contributed by atoms with Crippen molar-refractivity contribution in [2.24, 2.45) is 4.99 Å². The summed E-state index contributed by atoms with van der Waals surface area (Å²) in [6.07, 6.45) is 0. The lowest BCUT2D eigenvalue weighted by atomic mass is 10.0. The molecule has 1 aliphatic heterocycles. The molecule has 9 nitrogen and oxygen atoms in total. The summed E-state index contributed by atoms with van der Waals surface area (Å²) in [6.45, 7) is 7.05. The van der Waals surface area contributed by atoms with Crippen molar-refractivity contribution in [3.8, 4) is 5.75 Å². The Labute approximate surface area is 188 Å². The summed E-state index contributed by atoms with van der Waals surface area (Å²) in [5, 5.41) is 17.6. The van der Waals surface area contributed by atoms with Crippen molar-refractivity contribution in [1.82, 2.24) is 15.5 Å². The molecule has 0 aliphatic carbocycles. The summed E-state index contributed by atoms with van der Waals surface area (Å²) in [5.41, 5.74) is 2.19. The van der Waals surface area contributed by atoms with Crippen molar-refractivity contribution >= 4 is 11.6 Å². The van der Waals surface area contributed by atoms with Crippen LogP contribution in [0.15, 0.2) is 53.5 Å². The Hall–Kier alpha value is -3.17. The van der Waals surface area contributed by atoms with Gasteiger partial charge in [0.2, 0.25) is 0 Å². The fourth-order valence-corrected chi connectivity index (χ4v) is 3.60. The Morgan fingerprint density at radius 3 is 2.44 bits per heavy atom. The Kier molecular flexibility index (Phi) is 8.82. The van der Waals surface area contributed by atoms with E-state index in [1.807, 2.05) is 19.1 Å². The van der Waals surface area contributed by atoms with Gasteiger partial charge in [0.1, 0.15) is 5.75 Å². The highest BCUT2D eigenvalue weighted by molar-refractivity contribution is 5.79. The number of non-ortho nitro benzene ring substituents is 1. The molecule has 1 unspecified atom stereocenters. The van der Waals surface area contributed by atoms with Gasteiger partial charge in [-0.1, -0.05) is 24.3 Å². The van der Waals surface area contributed by atoms with E-state index in [0.29, 0.717) is 19.0 Å². The van der Waals surface area contributed by atoms with E-state index in [9.17, 15) is 10.1 Å². The fraction of sp³-hybridized carbons (Fsp3) is 0.435. The lowest BCUT2D eigenvalue weighted by Crippen LogP contribution is -2.46. The topological polar surface area (TPSA) is 101 Å². The molecule has 2 aromatic rings. The fourth-order valence-electron chi connectivity index (χ4n) is 3.60. The molecule has 1 saturated heterocycles. The normalized spacial score (nSPS) is 15.8. The number of hydrogen-bond acceptors (Lipinski definition) is 6. The maximum absolute atomic E-state index is 10.8. The van der Waals surface area contributed by atoms with E-state index >= 15 is 0 Å². The molecule has 1 fully saturated rings. The van der Waals surface area contributed by atoms with Crippen LogP contribution in [0.2, 0.25) is 0 Å². The van der Waals surface area contributed by atoms with Gasteiger partial charge in [0.15, 0.2) is 5.96 Å². The van der Waals surface area contributed by atoms with E-state index < -0.39 is 4.92 Å². The van der Waals surface area contributed by atoms with E-state index in [4.69, 9.17) is 9.47 Å². The number of ether oxygens (including phenoxy) is 2. The van der Waals surface area contributed by atoms with Gasteiger partial charge in [-0.3, -0.25) is 15.0 Å². The Bertz CT molecular complexity index is 880. The zero-order chi connectivity index (χ0) is 22.8. The number of nitro benzene ring substituents is 1. The van der Waals surface area contributed by atoms with Gasteiger partial charge < -0.3 is 20.1 Å². The van der Waals surface area contributed by atoms with Crippen LogP contribution >= 0.6 is 0 Å².